The number of hydrogen-bond donors (Lipinski definition) is 2. The molecule has 0 saturated carbocycles. The number of nitrogens with zero attached hydrogens (tertiary/aromatic N) is 1. The molecule has 1 amide bonds. The molecule has 1 aromatic carbocycles. The standard InChI is InChI=1S/C20H25N3OS/c1-13-19(17-7-6-15-3-2-4-16(15)11-17)23-20(25-13)22-18(24)8-5-14-9-10-21-12-14/h6-7,11,14,21H,2-5,8-10,12H2,1H3,(H,22,23,24). The fourth-order valence-corrected chi connectivity index (χ4v) is 4.77. The second kappa shape index (κ2) is 7.26. The first kappa shape index (κ1) is 16.7. The number of aromatic nitrogens is 1. The van der Waals surface area contributed by atoms with Crippen molar-refractivity contribution >= 4 is 22.4 Å². The summed E-state index contributed by atoms with van der Waals surface area (Å²) in [5.41, 5.74) is 5.12. The van der Waals surface area contributed by atoms with Gasteiger partial charge in [0.1, 0.15) is 0 Å². The van der Waals surface area contributed by atoms with Crippen molar-refractivity contribution in [2.45, 2.75) is 45.4 Å². The summed E-state index contributed by atoms with van der Waals surface area (Å²) in [6.07, 6.45) is 6.36. The molecule has 4 nitrogen and oxygen atoms in total. The van der Waals surface area contributed by atoms with Crippen LogP contribution >= 0.6 is 11.3 Å². The maximum Gasteiger partial charge on any atom is 0.226 e. The van der Waals surface area contributed by atoms with Gasteiger partial charge in [-0.2, -0.15) is 0 Å². The van der Waals surface area contributed by atoms with Gasteiger partial charge in [-0.15, -0.1) is 11.3 Å². The van der Waals surface area contributed by atoms with Crippen molar-refractivity contribution < 1.29 is 4.79 Å². The van der Waals surface area contributed by atoms with Crippen molar-refractivity contribution in [2.24, 2.45) is 5.92 Å². The largest absolute Gasteiger partial charge is 0.316 e. The van der Waals surface area contributed by atoms with Crippen LogP contribution in [0.15, 0.2) is 18.2 Å². The predicted octanol–water partition coefficient (Wildman–Crippen LogP) is 3.94. The zero-order chi connectivity index (χ0) is 17.2. The van der Waals surface area contributed by atoms with Gasteiger partial charge in [0.05, 0.1) is 5.69 Å². The van der Waals surface area contributed by atoms with Gasteiger partial charge >= 0.3 is 0 Å². The lowest BCUT2D eigenvalue weighted by atomic mass is 10.0. The maximum atomic E-state index is 12.2. The molecule has 0 radical (unpaired) electrons. The molecule has 2 aromatic rings. The van der Waals surface area contributed by atoms with Crippen molar-refractivity contribution in [3.63, 3.8) is 0 Å². The molecule has 5 heteroatoms. The molecule has 1 saturated heterocycles. The average Bonchev–Trinajstić information content (AvgIpc) is 3.33. The third-order valence-corrected chi connectivity index (χ3v) is 6.24. The normalized spacial score (nSPS) is 19.2. The second-order valence-corrected chi connectivity index (χ2v) is 8.41. The molecule has 132 valence electrons. The van der Waals surface area contributed by atoms with Gasteiger partial charge in [0, 0.05) is 16.9 Å². The van der Waals surface area contributed by atoms with Crippen LogP contribution in [0.2, 0.25) is 0 Å². The fraction of sp³-hybridized carbons (Fsp3) is 0.500. The highest BCUT2D eigenvalue weighted by Gasteiger charge is 2.18. The Bertz CT molecular complexity index is 777. The van der Waals surface area contributed by atoms with Crippen molar-refractivity contribution in [2.75, 3.05) is 18.4 Å². The van der Waals surface area contributed by atoms with Crippen LogP contribution in [0.25, 0.3) is 11.3 Å². The van der Waals surface area contributed by atoms with E-state index in [0.29, 0.717) is 12.3 Å². The molecule has 1 aliphatic carbocycles. The number of nitrogens with one attached hydrogen (secondary N) is 2. The van der Waals surface area contributed by atoms with Crippen LogP contribution in [0.5, 0.6) is 0 Å². The van der Waals surface area contributed by atoms with E-state index in [0.717, 1.165) is 35.2 Å². The predicted molar refractivity (Wildman–Crippen MR) is 103 cm³/mol. The van der Waals surface area contributed by atoms with Crippen LogP contribution in [0.4, 0.5) is 5.13 Å². The number of carbonyl (C=O) groups excluding carboxylic acids is 1. The number of thiazole rings is 1. The summed E-state index contributed by atoms with van der Waals surface area (Å²) in [4.78, 5) is 18.1. The van der Waals surface area contributed by atoms with Gasteiger partial charge in [0.2, 0.25) is 5.91 Å². The number of carbonyl (C=O) groups is 1. The van der Waals surface area contributed by atoms with Crippen LogP contribution < -0.4 is 10.6 Å². The summed E-state index contributed by atoms with van der Waals surface area (Å²) in [6, 6.07) is 6.69. The van der Waals surface area contributed by atoms with E-state index in [1.54, 1.807) is 11.3 Å². The van der Waals surface area contributed by atoms with E-state index in [9.17, 15) is 4.79 Å². The van der Waals surface area contributed by atoms with E-state index >= 15 is 0 Å². The molecule has 1 unspecified atom stereocenters. The average molecular weight is 356 g/mol. The van der Waals surface area contributed by atoms with Crippen molar-refractivity contribution in [3.05, 3.63) is 34.2 Å². The van der Waals surface area contributed by atoms with Gasteiger partial charge in [-0.25, -0.2) is 4.98 Å². The first-order valence-corrected chi connectivity index (χ1v) is 10.1. The summed E-state index contributed by atoms with van der Waals surface area (Å²) in [5, 5.41) is 7.07. The van der Waals surface area contributed by atoms with Gasteiger partial charge < -0.3 is 10.6 Å². The zero-order valence-corrected chi connectivity index (χ0v) is 15.5. The fourth-order valence-electron chi connectivity index (χ4n) is 3.91. The molecular formula is C20H25N3OS. The molecule has 1 aromatic heterocycles. The van der Waals surface area contributed by atoms with E-state index in [-0.39, 0.29) is 5.91 Å². The number of fused-ring (bicyclic) bond motifs is 1. The SMILES string of the molecule is Cc1sc(NC(=O)CCC2CCNC2)nc1-c1ccc2c(c1)CCC2. The van der Waals surface area contributed by atoms with Gasteiger partial charge in [-0.1, -0.05) is 12.1 Å². The molecule has 0 bridgehead atoms. The van der Waals surface area contributed by atoms with Crippen LogP contribution in [0, 0.1) is 12.8 Å². The minimum atomic E-state index is 0.0844. The molecule has 1 atom stereocenters. The Hall–Kier alpha value is -1.72. The molecule has 4 rings (SSSR count). The number of rotatable bonds is 5. The number of anilines is 1. The summed E-state index contributed by atoms with van der Waals surface area (Å²) in [6.45, 7) is 4.22. The Labute approximate surface area is 153 Å². The lowest BCUT2D eigenvalue weighted by Crippen LogP contribution is -2.14. The first-order valence-electron chi connectivity index (χ1n) is 9.29. The highest BCUT2D eigenvalue weighted by atomic mass is 32.1. The summed E-state index contributed by atoms with van der Waals surface area (Å²) in [5.74, 6) is 0.729. The van der Waals surface area contributed by atoms with Crippen LogP contribution in [-0.2, 0) is 17.6 Å². The number of aryl methyl sites for hydroxylation is 3. The Morgan fingerprint density at radius 2 is 2.24 bits per heavy atom. The minimum absolute atomic E-state index is 0.0844. The highest BCUT2D eigenvalue weighted by Crippen LogP contribution is 2.33. The molecule has 0 spiro atoms. The third kappa shape index (κ3) is 3.77. The van der Waals surface area contributed by atoms with Gasteiger partial charge in [0.25, 0.3) is 0 Å². The molecule has 2 aliphatic rings. The van der Waals surface area contributed by atoms with Gasteiger partial charge in [-0.05, 0) is 75.2 Å². The number of hydrogen-bond acceptors (Lipinski definition) is 4. The molecule has 1 aliphatic heterocycles. The van der Waals surface area contributed by atoms with Crippen molar-refractivity contribution in [1.82, 2.24) is 10.3 Å². The molecule has 2 N–H and O–H groups in total. The molecule has 1 fully saturated rings. The maximum absolute atomic E-state index is 12.2. The highest BCUT2D eigenvalue weighted by molar-refractivity contribution is 7.16. The number of amides is 1. The monoisotopic (exact) mass is 355 g/mol. The van der Waals surface area contributed by atoms with E-state index in [4.69, 9.17) is 4.98 Å². The van der Waals surface area contributed by atoms with E-state index in [2.05, 4.69) is 35.8 Å². The third-order valence-electron chi connectivity index (χ3n) is 5.36. The van der Waals surface area contributed by atoms with Crippen LogP contribution in [-0.4, -0.2) is 24.0 Å². The number of benzene rings is 1. The smallest absolute Gasteiger partial charge is 0.226 e. The lowest BCUT2D eigenvalue weighted by Gasteiger charge is -2.07. The zero-order valence-electron chi connectivity index (χ0n) is 14.7. The Morgan fingerprint density at radius 1 is 1.36 bits per heavy atom. The molecular weight excluding hydrogens is 330 g/mol. The first-order chi connectivity index (χ1) is 12.2. The summed E-state index contributed by atoms with van der Waals surface area (Å²) >= 11 is 1.57. The molecule has 2 heterocycles. The van der Waals surface area contributed by atoms with Crippen molar-refractivity contribution in [1.29, 1.82) is 0 Å². The van der Waals surface area contributed by atoms with Gasteiger partial charge in [0.15, 0.2) is 5.13 Å². The van der Waals surface area contributed by atoms with Crippen LogP contribution in [0.1, 0.15) is 41.7 Å². The van der Waals surface area contributed by atoms with Crippen LogP contribution in [0.3, 0.4) is 0 Å². The Morgan fingerprint density at radius 3 is 3.08 bits per heavy atom. The van der Waals surface area contributed by atoms with E-state index in [1.807, 2.05) is 0 Å². The Kier molecular flexibility index (Phi) is 4.86. The molecule has 25 heavy (non-hydrogen) atoms. The topological polar surface area (TPSA) is 54.0 Å². The van der Waals surface area contributed by atoms with E-state index < -0.39 is 0 Å². The lowest BCUT2D eigenvalue weighted by molar-refractivity contribution is -0.116. The summed E-state index contributed by atoms with van der Waals surface area (Å²) < 4.78 is 0. The Balaban J connectivity index is 1.42. The summed E-state index contributed by atoms with van der Waals surface area (Å²) in [7, 11) is 0. The van der Waals surface area contributed by atoms with E-state index in [1.165, 1.54) is 42.4 Å². The minimum Gasteiger partial charge on any atom is -0.316 e. The van der Waals surface area contributed by atoms with Crippen molar-refractivity contribution in [3.8, 4) is 11.3 Å². The quantitative estimate of drug-likeness (QED) is 0.854. The second-order valence-electron chi connectivity index (χ2n) is 7.21. The van der Waals surface area contributed by atoms with Gasteiger partial charge in [-0.3, -0.25) is 4.79 Å².